The highest BCUT2D eigenvalue weighted by atomic mass is 31.2. The molecular formula is C14H24N5O16P3. The summed E-state index contributed by atoms with van der Waals surface area (Å²) in [6.07, 6.45) is -9.37. The Hall–Kier alpha value is -1.48. The second-order valence-electron chi connectivity index (χ2n) is 7.72. The molecule has 2 aromatic heterocycles. The van der Waals surface area contributed by atoms with Gasteiger partial charge >= 0.3 is 23.5 Å². The molecule has 1 aliphatic heterocycles. The van der Waals surface area contributed by atoms with Gasteiger partial charge in [-0.2, -0.15) is 0 Å². The lowest BCUT2D eigenvalue weighted by atomic mass is 9.99. The van der Waals surface area contributed by atoms with Gasteiger partial charge < -0.3 is 59.3 Å². The number of anilines is 1. The van der Waals surface area contributed by atoms with Crippen molar-refractivity contribution in [2.75, 3.05) is 18.9 Å². The molecule has 10 N–H and O–H groups in total. The summed E-state index contributed by atoms with van der Waals surface area (Å²) in [5.41, 5.74) is 6.05. The van der Waals surface area contributed by atoms with Gasteiger partial charge in [-0.05, 0) is 0 Å². The van der Waals surface area contributed by atoms with Crippen LogP contribution in [-0.4, -0.2) is 109 Å². The normalized spacial score (nSPS) is 26.1. The van der Waals surface area contributed by atoms with E-state index in [1.54, 1.807) is 0 Å². The van der Waals surface area contributed by atoms with Gasteiger partial charge in [-0.1, -0.05) is 0 Å². The Balaban J connectivity index is 1.83. The van der Waals surface area contributed by atoms with Crippen LogP contribution in [0.2, 0.25) is 0 Å². The van der Waals surface area contributed by atoms with Gasteiger partial charge in [-0.25, -0.2) is 28.6 Å². The fourth-order valence-corrected chi connectivity index (χ4v) is 5.16. The molecular weight excluding hydrogens is 587 g/mol. The summed E-state index contributed by atoms with van der Waals surface area (Å²) in [5, 5.41) is 20.2. The third kappa shape index (κ3) is 8.51. The first-order valence-electron chi connectivity index (χ1n) is 10.2. The number of rotatable bonds is 12. The van der Waals surface area contributed by atoms with E-state index < -0.39 is 73.5 Å². The molecule has 1 aliphatic rings. The van der Waals surface area contributed by atoms with E-state index in [9.17, 15) is 43.5 Å². The summed E-state index contributed by atoms with van der Waals surface area (Å²) in [7, 11) is -15.9. The van der Waals surface area contributed by atoms with Gasteiger partial charge in [0, 0.05) is 0 Å². The van der Waals surface area contributed by atoms with Crippen molar-refractivity contribution in [1.82, 2.24) is 19.5 Å². The number of nitrogens with two attached hydrogens (primary N) is 1. The number of aliphatic hydroxyl groups excluding tert-OH is 2. The molecule has 216 valence electrons. The van der Waals surface area contributed by atoms with Crippen LogP contribution < -0.4 is 5.73 Å². The van der Waals surface area contributed by atoms with E-state index in [1.807, 2.05) is 0 Å². The number of hydrogen-bond acceptors (Lipinski definition) is 14. The lowest BCUT2D eigenvalue weighted by molar-refractivity contribution is -0.299. The summed E-state index contributed by atoms with van der Waals surface area (Å²) in [6, 6.07) is 0. The van der Waals surface area contributed by atoms with Gasteiger partial charge in [0.1, 0.15) is 42.4 Å². The minimum Gasteiger partial charge on any atom is -0.394 e. The van der Waals surface area contributed by atoms with Crippen molar-refractivity contribution in [1.29, 1.82) is 0 Å². The summed E-state index contributed by atoms with van der Waals surface area (Å²) >= 11 is 0. The fraction of sp³-hybridized carbons (Fsp3) is 0.643. The number of hydrogen-bond donors (Lipinski definition) is 9. The Kier molecular flexibility index (Phi) is 9.76. The summed E-state index contributed by atoms with van der Waals surface area (Å²) in [6.45, 7) is -2.18. The third-order valence-corrected chi connectivity index (χ3v) is 6.48. The molecule has 0 aromatic carbocycles. The number of nitrogen functional groups attached to an aromatic ring is 1. The highest BCUT2D eigenvalue weighted by Crippen LogP contribution is 2.47. The molecule has 0 spiro atoms. The van der Waals surface area contributed by atoms with E-state index in [0.29, 0.717) is 0 Å². The number of aromatic nitrogens is 4. The Morgan fingerprint density at radius 3 is 2.21 bits per heavy atom. The summed E-state index contributed by atoms with van der Waals surface area (Å²) < 4.78 is 59.7. The van der Waals surface area contributed by atoms with E-state index in [-0.39, 0.29) is 23.5 Å². The highest BCUT2D eigenvalue weighted by Gasteiger charge is 2.51. The Morgan fingerprint density at radius 2 is 1.63 bits per heavy atom. The maximum atomic E-state index is 11.5. The molecule has 3 heterocycles. The quantitative estimate of drug-likeness (QED) is 0.108. The molecule has 0 aliphatic carbocycles. The monoisotopic (exact) mass is 611 g/mol. The summed E-state index contributed by atoms with van der Waals surface area (Å²) in [4.78, 5) is 67.0. The second-order valence-corrected chi connectivity index (χ2v) is 11.3. The van der Waals surface area contributed by atoms with Gasteiger partial charge in [-0.3, -0.25) is 13.6 Å². The topological polar surface area (TPSA) is 329 Å². The number of ether oxygens (including phenoxy) is 2. The molecule has 0 bridgehead atoms. The zero-order valence-electron chi connectivity index (χ0n) is 18.8. The number of phosphoric ester groups is 3. The van der Waals surface area contributed by atoms with Gasteiger partial charge in [0.05, 0.1) is 26.1 Å². The van der Waals surface area contributed by atoms with Crippen molar-refractivity contribution in [2.24, 2.45) is 0 Å². The SMILES string of the molecule is Nc1ncnc2c1ncn2C[C@@H](CO[C@H]1O[C@H](CO)[C@@H](OP(=O)(O)O)[C@H](OP(=O)(O)O)[C@H]1O)OP(=O)(O)O. The molecule has 3 rings (SSSR count). The Labute approximate surface area is 211 Å². The average Bonchev–Trinajstić information content (AvgIpc) is 3.17. The highest BCUT2D eigenvalue weighted by molar-refractivity contribution is 7.46. The average molecular weight is 611 g/mol. The van der Waals surface area contributed by atoms with Crippen LogP contribution in [0.3, 0.4) is 0 Å². The van der Waals surface area contributed by atoms with Crippen LogP contribution in [0, 0.1) is 0 Å². The molecule has 24 heteroatoms. The van der Waals surface area contributed by atoms with Gasteiger partial charge in [0.15, 0.2) is 17.8 Å². The second kappa shape index (κ2) is 11.9. The van der Waals surface area contributed by atoms with Crippen molar-refractivity contribution < 1.29 is 76.3 Å². The zero-order chi connectivity index (χ0) is 28.5. The summed E-state index contributed by atoms with van der Waals surface area (Å²) in [5.74, 6) is 0.0226. The number of aliphatic hydroxyl groups is 2. The van der Waals surface area contributed by atoms with Crippen LogP contribution in [0.25, 0.3) is 11.2 Å². The number of phosphoric acid groups is 3. The van der Waals surface area contributed by atoms with Crippen molar-refractivity contribution >= 4 is 40.4 Å². The largest absolute Gasteiger partial charge is 0.470 e. The van der Waals surface area contributed by atoms with Gasteiger partial charge in [0.2, 0.25) is 0 Å². The molecule has 38 heavy (non-hydrogen) atoms. The minimum atomic E-state index is -5.42. The maximum Gasteiger partial charge on any atom is 0.470 e. The third-order valence-electron chi connectivity index (χ3n) is 4.88. The van der Waals surface area contributed by atoms with Gasteiger partial charge in [0.25, 0.3) is 0 Å². The smallest absolute Gasteiger partial charge is 0.394 e. The van der Waals surface area contributed by atoms with Crippen LogP contribution in [0.15, 0.2) is 12.7 Å². The van der Waals surface area contributed by atoms with E-state index in [4.69, 9.17) is 29.5 Å². The van der Waals surface area contributed by atoms with Crippen LogP contribution >= 0.6 is 23.5 Å². The first-order chi connectivity index (χ1) is 17.5. The minimum absolute atomic E-state index is 0.0226. The molecule has 0 radical (unpaired) electrons. The van der Waals surface area contributed by atoms with Crippen molar-refractivity contribution in [3.05, 3.63) is 12.7 Å². The molecule has 1 fully saturated rings. The first-order valence-corrected chi connectivity index (χ1v) is 14.8. The predicted molar refractivity (Wildman–Crippen MR) is 118 cm³/mol. The molecule has 2 aromatic rings. The molecule has 6 atom stereocenters. The predicted octanol–water partition coefficient (Wildman–Crippen LogP) is -3.06. The lowest BCUT2D eigenvalue weighted by Gasteiger charge is -2.43. The van der Waals surface area contributed by atoms with Gasteiger partial charge in [-0.15, -0.1) is 0 Å². The molecule has 0 amide bonds. The van der Waals surface area contributed by atoms with Crippen LogP contribution in [0.5, 0.6) is 0 Å². The van der Waals surface area contributed by atoms with E-state index in [1.165, 1.54) is 10.9 Å². The van der Waals surface area contributed by atoms with Crippen molar-refractivity contribution in [3.8, 4) is 0 Å². The first kappa shape index (κ1) is 31.1. The van der Waals surface area contributed by atoms with E-state index >= 15 is 0 Å². The zero-order valence-corrected chi connectivity index (χ0v) is 21.5. The van der Waals surface area contributed by atoms with Crippen LogP contribution in [-0.2, 0) is 43.3 Å². The maximum absolute atomic E-state index is 11.5. The molecule has 1 saturated heterocycles. The lowest BCUT2D eigenvalue weighted by Crippen LogP contribution is -2.60. The van der Waals surface area contributed by atoms with Crippen LogP contribution in [0.4, 0.5) is 5.82 Å². The molecule has 0 unspecified atom stereocenters. The number of nitrogens with zero attached hydrogens (tertiary/aromatic N) is 4. The molecule has 0 saturated carbocycles. The standard InChI is InChI=1S/C14H24N5O16P3/c15-12-8-13(17-4-16-12)19(5-18-8)1-6(33-36(22,23)24)3-31-14-9(21)11(35-38(28,29)30)10(7(2-20)32-14)34-37(25,26)27/h4-7,9-11,14,20-21H,1-3H2,(H2,15,16,17)(H2,22,23,24)(H2,25,26,27)(H2,28,29,30)/t6-,7+,9+,10+,11+,14-/m0/s1. The van der Waals surface area contributed by atoms with E-state index in [2.05, 4.69) is 24.0 Å². The van der Waals surface area contributed by atoms with Crippen molar-refractivity contribution in [3.63, 3.8) is 0 Å². The van der Waals surface area contributed by atoms with E-state index in [0.717, 1.165) is 6.33 Å². The number of imidazole rings is 1. The Bertz CT molecular complexity index is 1250. The Morgan fingerprint density at radius 1 is 1.00 bits per heavy atom. The fourth-order valence-electron chi connectivity index (χ4n) is 3.51. The molecule has 21 nitrogen and oxygen atoms in total. The number of fused-ring (bicyclic) bond motifs is 1. The van der Waals surface area contributed by atoms with Crippen LogP contribution in [0.1, 0.15) is 0 Å². The van der Waals surface area contributed by atoms with Crippen molar-refractivity contribution in [2.45, 2.75) is 43.4 Å².